The minimum atomic E-state index is -0.920. The van der Waals surface area contributed by atoms with Gasteiger partial charge in [0.2, 0.25) is 0 Å². The summed E-state index contributed by atoms with van der Waals surface area (Å²) in [6, 6.07) is 9.28. The highest BCUT2D eigenvalue weighted by Crippen LogP contribution is 2.20. The molecule has 1 aliphatic heterocycles. The highest BCUT2D eigenvalue weighted by molar-refractivity contribution is 5.57. The minimum absolute atomic E-state index is 0.144. The van der Waals surface area contributed by atoms with Crippen molar-refractivity contribution in [1.82, 2.24) is 20.3 Å². The van der Waals surface area contributed by atoms with Crippen molar-refractivity contribution in [1.29, 1.82) is 0 Å². The number of aliphatic hydroxyl groups is 1. The van der Waals surface area contributed by atoms with Crippen molar-refractivity contribution in [2.24, 2.45) is 0 Å². The second-order valence-electron chi connectivity index (χ2n) is 6.93. The monoisotopic (exact) mass is 404 g/mol. The molecule has 0 amide bonds. The lowest BCUT2D eigenvalue weighted by Gasteiger charge is -2.21. The summed E-state index contributed by atoms with van der Waals surface area (Å²) in [6.45, 7) is 0.699. The molecule has 0 radical (unpaired) electrons. The van der Waals surface area contributed by atoms with Crippen LogP contribution in [0.2, 0.25) is 0 Å². The second-order valence-corrected chi connectivity index (χ2v) is 6.93. The van der Waals surface area contributed by atoms with Gasteiger partial charge in [0.25, 0.3) is 0 Å². The highest BCUT2D eigenvalue weighted by atomic mass is 19.2. The quantitative estimate of drug-likeness (QED) is 0.660. The molecule has 1 aromatic heterocycles. The van der Waals surface area contributed by atoms with Crippen LogP contribution in [0.1, 0.15) is 5.56 Å². The Morgan fingerprint density at radius 1 is 1.14 bits per heavy atom. The lowest BCUT2D eigenvalue weighted by Crippen LogP contribution is -2.45. The van der Waals surface area contributed by atoms with E-state index in [-0.39, 0.29) is 19.0 Å². The van der Waals surface area contributed by atoms with Gasteiger partial charge in [0.1, 0.15) is 11.5 Å². The molecule has 6 nitrogen and oxygen atoms in total. The van der Waals surface area contributed by atoms with Crippen molar-refractivity contribution in [2.75, 3.05) is 6.61 Å². The third-order valence-corrected chi connectivity index (χ3v) is 4.85. The van der Waals surface area contributed by atoms with Crippen molar-refractivity contribution in [3.8, 4) is 11.3 Å². The van der Waals surface area contributed by atoms with Crippen LogP contribution in [0.25, 0.3) is 11.3 Å². The number of hydrogen-bond donors (Lipinski definition) is 2. The van der Waals surface area contributed by atoms with Crippen LogP contribution in [-0.2, 0) is 17.8 Å². The number of aromatic nitrogens is 3. The van der Waals surface area contributed by atoms with E-state index in [0.717, 1.165) is 12.1 Å². The molecule has 1 saturated heterocycles. The molecule has 0 spiro atoms. The largest absolute Gasteiger partial charge is 0.389 e. The van der Waals surface area contributed by atoms with Crippen LogP contribution in [0.15, 0.2) is 48.7 Å². The Bertz CT molecular complexity index is 997. The van der Waals surface area contributed by atoms with Gasteiger partial charge in [0.15, 0.2) is 11.6 Å². The number of aliphatic hydroxyl groups excluding tert-OH is 1. The number of nitrogens with zero attached hydrogens (tertiary/aromatic N) is 3. The summed E-state index contributed by atoms with van der Waals surface area (Å²) < 4.78 is 47.0. The molecule has 1 aliphatic rings. The van der Waals surface area contributed by atoms with Gasteiger partial charge in [-0.2, -0.15) is 0 Å². The minimum Gasteiger partial charge on any atom is -0.389 e. The predicted molar refractivity (Wildman–Crippen MR) is 98.1 cm³/mol. The molecule has 4 rings (SSSR count). The highest BCUT2D eigenvalue weighted by Gasteiger charge is 2.36. The summed E-state index contributed by atoms with van der Waals surface area (Å²) in [4.78, 5) is 0. The maximum absolute atomic E-state index is 13.4. The number of ether oxygens (including phenoxy) is 1. The van der Waals surface area contributed by atoms with Crippen molar-refractivity contribution < 1.29 is 23.0 Å². The number of nitrogens with one attached hydrogen (secondary N) is 1. The van der Waals surface area contributed by atoms with Crippen LogP contribution in [0, 0.1) is 17.5 Å². The van der Waals surface area contributed by atoms with Gasteiger partial charge in [-0.15, -0.1) is 5.10 Å². The van der Waals surface area contributed by atoms with Crippen molar-refractivity contribution in [3.05, 3.63) is 71.7 Å². The van der Waals surface area contributed by atoms with Crippen molar-refractivity contribution in [3.63, 3.8) is 0 Å². The number of halogens is 3. The summed E-state index contributed by atoms with van der Waals surface area (Å²) in [5.41, 5.74) is 1.68. The van der Waals surface area contributed by atoms with E-state index >= 15 is 0 Å². The Morgan fingerprint density at radius 3 is 2.79 bits per heavy atom. The fourth-order valence-corrected chi connectivity index (χ4v) is 3.35. The maximum Gasteiger partial charge on any atom is 0.159 e. The van der Waals surface area contributed by atoms with E-state index in [1.807, 2.05) is 0 Å². The number of hydrogen-bond acceptors (Lipinski definition) is 5. The van der Waals surface area contributed by atoms with E-state index < -0.39 is 29.9 Å². The van der Waals surface area contributed by atoms with Gasteiger partial charge in [-0.3, -0.25) is 0 Å². The first-order chi connectivity index (χ1) is 14.0. The molecule has 0 aliphatic carbocycles. The smallest absolute Gasteiger partial charge is 0.159 e. The van der Waals surface area contributed by atoms with E-state index in [1.54, 1.807) is 23.0 Å². The van der Waals surface area contributed by atoms with E-state index in [2.05, 4.69) is 15.6 Å². The zero-order chi connectivity index (χ0) is 20.4. The zero-order valence-electron chi connectivity index (χ0n) is 15.3. The van der Waals surface area contributed by atoms with Crippen LogP contribution in [0.4, 0.5) is 13.2 Å². The van der Waals surface area contributed by atoms with Crippen LogP contribution in [0.3, 0.4) is 0 Å². The van der Waals surface area contributed by atoms with Gasteiger partial charge < -0.3 is 15.2 Å². The van der Waals surface area contributed by atoms with E-state index in [1.165, 1.54) is 18.2 Å². The SMILES string of the molecule is O[C@H]1CO[C@H](Cn2cc(-c3cccc(F)c3)nn2)[C@@H]1NCc1ccc(F)c(F)c1. The summed E-state index contributed by atoms with van der Waals surface area (Å²) in [7, 11) is 0. The molecule has 0 bridgehead atoms. The van der Waals surface area contributed by atoms with Gasteiger partial charge >= 0.3 is 0 Å². The predicted octanol–water partition coefficient (Wildman–Crippen LogP) is 2.28. The van der Waals surface area contributed by atoms with Crippen molar-refractivity contribution >= 4 is 0 Å². The second kappa shape index (κ2) is 8.32. The van der Waals surface area contributed by atoms with Gasteiger partial charge in [0.05, 0.1) is 37.6 Å². The molecule has 2 heterocycles. The summed E-state index contributed by atoms with van der Waals surface area (Å²) in [6.07, 6.45) is 0.517. The number of benzene rings is 2. The third-order valence-electron chi connectivity index (χ3n) is 4.85. The first-order valence-corrected chi connectivity index (χ1v) is 9.12. The van der Waals surface area contributed by atoms with Crippen LogP contribution >= 0.6 is 0 Å². The molecule has 0 saturated carbocycles. The first kappa shape index (κ1) is 19.6. The molecular formula is C20H19F3N4O2. The Morgan fingerprint density at radius 2 is 2.00 bits per heavy atom. The van der Waals surface area contributed by atoms with Crippen LogP contribution in [-0.4, -0.2) is 45.0 Å². The molecule has 3 atom stereocenters. The Kier molecular flexibility index (Phi) is 5.61. The maximum atomic E-state index is 13.4. The first-order valence-electron chi connectivity index (χ1n) is 9.12. The molecule has 29 heavy (non-hydrogen) atoms. The molecule has 2 aromatic carbocycles. The molecule has 9 heteroatoms. The van der Waals surface area contributed by atoms with E-state index in [9.17, 15) is 18.3 Å². The Labute approximate surface area is 164 Å². The zero-order valence-corrected chi connectivity index (χ0v) is 15.3. The Balaban J connectivity index is 1.42. The standard InChI is InChI=1S/C20H19F3N4O2/c21-14-3-1-2-13(7-14)17-9-27(26-25-17)10-19-20(18(28)11-29-19)24-8-12-4-5-15(22)16(23)6-12/h1-7,9,18-20,24,28H,8,10-11H2/t18-,19+,20+/m0/s1. The van der Waals surface area contributed by atoms with E-state index in [0.29, 0.717) is 23.4 Å². The Hall–Kier alpha value is -2.75. The number of rotatable bonds is 6. The lowest BCUT2D eigenvalue weighted by molar-refractivity contribution is 0.0741. The fraction of sp³-hybridized carbons (Fsp3) is 0.300. The van der Waals surface area contributed by atoms with E-state index in [4.69, 9.17) is 4.74 Å². The average molecular weight is 404 g/mol. The summed E-state index contributed by atoms with van der Waals surface area (Å²) >= 11 is 0. The van der Waals surface area contributed by atoms with Crippen molar-refractivity contribution in [2.45, 2.75) is 31.3 Å². The fourth-order valence-electron chi connectivity index (χ4n) is 3.35. The lowest BCUT2D eigenvalue weighted by atomic mass is 10.1. The molecular weight excluding hydrogens is 385 g/mol. The van der Waals surface area contributed by atoms with Gasteiger partial charge in [-0.1, -0.05) is 23.4 Å². The molecule has 3 aromatic rings. The van der Waals surface area contributed by atoms with Crippen LogP contribution in [0.5, 0.6) is 0 Å². The average Bonchev–Trinajstić information content (AvgIpc) is 3.30. The molecule has 0 unspecified atom stereocenters. The van der Waals surface area contributed by atoms with Gasteiger partial charge in [-0.25, -0.2) is 17.9 Å². The summed E-state index contributed by atoms with van der Waals surface area (Å²) in [5, 5.41) is 21.5. The van der Waals surface area contributed by atoms with Gasteiger partial charge in [0, 0.05) is 12.1 Å². The topological polar surface area (TPSA) is 72.2 Å². The normalized spacial score (nSPS) is 21.6. The molecule has 152 valence electrons. The molecule has 2 N–H and O–H groups in total. The van der Waals surface area contributed by atoms with Gasteiger partial charge in [-0.05, 0) is 29.8 Å². The third kappa shape index (κ3) is 4.47. The van der Waals surface area contributed by atoms with Crippen LogP contribution < -0.4 is 5.32 Å². The molecule has 1 fully saturated rings. The summed E-state index contributed by atoms with van der Waals surface area (Å²) in [5.74, 6) is -2.19.